The Kier molecular flexibility index (Phi) is 7.27. The molecule has 2 N–H and O–H groups in total. The molecule has 3 amide bonds. The summed E-state index contributed by atoms with van der Waals surface area (Å²) in [6, 6.07) is 6.23. The molecule has 3 rings (SSSR count). The molecule has 0 atom stereocenters. The lowest BCUT2D eigenvalue weighted by Gasteiger charge is -2.08. The second-order valence-electron chi connectivity index (χ2n) is 6.46. The van der Waals surface area contributed by atoms with Crippen LogP contribution in [0.3, 0.4) is 0 Å². The largest absolute Gasteiger partial charge is 0.453 e. The summed E-state index contributed by atoms with van der Waals surface area (Å²) < 4.78 is 17.4. The molecular weight excluding hydrogens is 415 g/mol. The van der Waals surface area contributed by atoms with Gasteiger partial charge in [0, 0.05) is 16.2 Å². The number of anilines is 1. The zero-order valence-electron chi connectivity index (χ0n) is 15.9. The third kappa shape index (κ3) is 5.57. The summed E-state index contributed by atoms with van der Waals surface area (Å²) in [7, 11) is 1.19. The first-order chi connectivity index (χ1) is 14.0. The molecule has 0 aliphatic heterocycles. The van der Waals surface area contributed by atoms with Crippen LogP contribution >= 0.6 is 23.1 Å². The van der Waals surface area contributed by atoms with Crippen LogP contribution in [0.4, 0.5) is 14.2 Å². The highest BCUT2D eigenvalue weighted by Gasteiger charge is 2.28. The van der Waals surface area contributed by atoms with E-state index in [4.69, 9.17) is 0 Å². The summed E-state index contributed by atoms with van der Waals surface area (Å²) in [5.41, 5.74) is 1.26. The fraction of sp³-hybridized carbons (Fsp3) is 0.350. The number of aryl methyl sites for hydroxylation is 1. The molecule has 0 bridgehead atoms. The van der Waals surface area contributed by atoms with Crippen molar-refractivity contribution in [1.82, 2.24) is 5.32 Å². The second-order valence-corrected chi connectivity index (χ2v) is 8.73. The van der Waals surface area contributed by atoms with Crippen LogP contribution in [0, 0.1) is 5.82 Å². The summed E-state index contributed by atoms with van der Waals surface area (Å²) in [4.78, 5) is 38.3. The second kappa shape index (κ2) is 9.89. The van der Waals surface area contributed by atoms with Gasteiger partial charge in [-0.3, -0.25) is 14.9 Å². The van der Waals surface area contributed by atoms with Crippen LogP contribution in [0.15, 0.2) is 29.2 Å². The van der Waals surface area contributed by atoms with E-state index in [-0.39, 0.29) is 11.7 Å². The Bertz CT molecular complexity index is 912. The number of thioether (sulfide) groups is 1. The van der Waals surface area contributed by atoms with E-state index in [1.807, 2.05) is 0 Å². The minimum atomic E-state index is -0.831. The zero-order valence-corrected chi connectivity index (χ0v) is 17.5. The van der Waals surface area contributed by atoms with E-state index >= 15 is 0 Å². The fourth-order valence-electron chi connectivity index (χ4n) is 3.08. The molecular formula is C20H21FN2O4S2. The van der Waals surface area contributed by atoms with Gasteiger partial charge in [0.15, 0.2) is 0 Å². The number of nitrogens with one attached hydrogen (secondary N) is 2. The van der Waals surface area contributed by atoms with E-state index < -0.39 is 12.0 Å². The topological polar surface area (TPSA) is 84.5 Å². The van der Waals surface area contributed by atoms with Crippen molar-refractivity contribution in [2.75, 3.05) is 18.2 Å². The maximum atomic E-state index is 12.9. The van der Waals surface area contributed by atoms with Crippen LogP contribution < -0.4 is 10.6 Å². The Morgan fingerprint density at radius 1 is 1.21 bits per heavy atom. The number of halogens is 1. The highest BCUT2D eigenvalue weighted by molar-refractivity contribution is 7.99. The molecule has 1 aliphatic rings. The Hall–Kier alpha value is -2.39. The smallest absolute Gasteiger partial charge is 0.413 e. The molecule has 1 aromatic carbocycles. The first-order valence-corrected chi connectivity index (χ1v) is 11.0. The van der Waals surface area contributed by atoms with Gasteiger partial charge in [0.05, 0.1) is 12.7 Å². The summed E-state index contributed by atoms with van der Waals surface area (Å²) >= 11 is 2.95. The highest BCUT2D eigenvalue weighted by Crippen LogP contribution is 2.39. The number of imide groups is 1. The van der Waals surface area contributed by atoms with Crippen molar-refractivity contribution >= 4 is 46.0 Å². The number of carbonyl (C=O) groups excluding carboxylic acids is 3. The minimum absolute atomic E-state index is 0.184. The quantitative estimate of drug-likeness (QED) is 0.497. The van der Waals surface area contributed by atoms with Crippen LogP contribution in [0.2, 0.25) is 0 Å². The van der Waals surface area contributed by atoms with Crippen LogP contribution in [0.25, 0.3) is 0 Å². The number of hydrogen-bond donors (Lipinski definition) is 2. The average molecular weight is 437 g/mol. The van der Waals surface area contributed by atoms with Crippen molar-refractivity contribution in [2.45, 2.75) is 37.0 Å². The van der Waals surface area contributed by atoms with Crippen molar-refractivity contribution in [3.63, 3.8) is 0 Å². The number of alkyl carbamates (subject to hydrolysis) is 1. The molecule has 2 aromatic rings. The van der Waals surface area contributed by atoms with Gasteiger partial charge in [-0.15, -0.1) is 23.1 Å². The van der Waals surface area contributed by atoms with E-state index in [1.54, 1.807) is 23.9 Å². The van der Waals surface area contributed by atoms with Gasteiger partial charge in [0.1, 0.15) is 10.8 Å². The number of amides is 3. The average Bonchev–Trinajstić information content (AvgIpc) is 3.27. The third-order valence-electron chi connectivity index (χ3n) is 4.43. The Balaban J connectivity index is 1.56. The highest BCUT2D eigenvalue weighted by atomic mass is 32.2. The van der Waals surface area contributed by atoms with Crippen LogP contribution in [-0.4, -0.2) is 30.8 Å². The monoisotopic (exact) mass is 436 g/mol. The van der Waals surface area contributed by atoms with Crippen molar-refractivity contribution in [3.05, 3.63) is 46.1 Å². The van der Waals surface area contributed by atoms with Crippen LogP contribution in [0.1, 0.15) is 40.1 Å². The molecule has 9 heteroatoms. The molecule has 6 nitrogen and oxygen atoms in total. The first-order valence-electron chi connectivity index (χ1n) is 9.20. The molecule has 0 saturated heterocycles. The Morgan fingerprint density at radius 3 is 2.69 bits per heavy atom. The molecule has 0 fully saturated rings. The molecule has 0 unspecified atom stereocenters. The van der Waals surface area contributed by atoms with E-state index in [1.165, 1.54) is 30.6 Å². The van der Waals surface area contributed by atoms with Crippen molar-refractivity contribution in [3.8, 4) is 0 Å². The first kappa shape index (κ1) is 21.3. The lowest BCUT2D eigenvalue weighted by molar-refractivity contribution is -0.116. The fourth-order valence-corrected chi connectivity index (χ4v) is 5.24. The van der Waals surface area contributed by atoms with Gasteiger partial charge < -0.3 is 10.1 Å². The van der Waals surface area contributed by atoms with E-state index in [2.05, 4.69) is 15.4 Å². The summed E-state index contributed by atoms with van der Waals surface area (Å²) in [6.07, 6.45) is 2.68. The SMILES string of the molecule is COC(=O)NC(=O)c1c(NC(=O)CCCSc2ccc(F)cc2)sc2c1CCC2. The van der Waals surface area contributed by atoms with Gasteiger partial charge in [-0.1, -0.05) is 0 Å². The standard InChI is InChI=1S/C20H21FN2O4S2/c1-27-20(26)23-18(25)17-14-4-2-5-15(14)29-19(17)22-16(24)6-3-11-28-13-9-7-12(21)8-10-13/h7-10H,2-6,11H2,1H3,(H,22,24)(H,23,25,26). The number of methoxy groups -OCH3 is 1. The van der Waals surface area contributed by atoms with Crippen LogP contribution in [-0.2, 0) is 22.4 Å². The Morgan fingerprint density at radius 2 is 1.97 bits per heavy atom. The number of ether oxygens (including phenoxy) is 1. The number of thiophene rings is 1. The van der Waals surface area contributed by atoms with Crippen molar-refractivity contribution in [1.29, 1.82) is 0 Å². The van der Waals surface area contributed by atoms with Crippen LogP contribution in [0.5, 0.6) is 0 Å². The summed E-state index contributed by atoms with van der Waals surface area (Å²) in [5, 5.41) is 5.48. The van der Waals surface area contributed by atoms with E-state index in [0.29, 0.717) is 23.4 Å². The number of benzene rings is 1. The molecule has 1 aliphatic carbocycles. The van der Waals surface area contributed by atoms with Gasteiger partial charge >= 0.3 is 6.09 Å². The summed E-state index contributed by atoms with van der Waals surface area (Å²) in [5.74, 6) is -0.297. The van der Waals surface area contributed by atoms with E-state index in [0.717, 1.165) is 40.4 Å². The molecule has 0 spiro atoms. The normalized spacial score (nSPS) is 12.3. The van der Waals surface area contributed by atoms with Crippen molar-refractivity contribution in [2.24, 2.45) is 0 Å². The number of fused-ring (bicyclic) bond motifs is 1. The predicted octanol–water partition coefficient (Wildman–Crippen LogP) is 4.38. The molecule has 154 valence electrons. The molecule has 0 radical (unpaired) electrons. The number of rotatable bonds is 7. The van der Waals surface area contributed by atoms with Gasteiger partial charge in [0.25, 0.3) is 5.91 Å². The lowest BCUT2D eigenvalue weighted by atomic mass is 10.1. The molecule has 29 heavy (non-hydrogen) atoms. The van der Waals surface area contributed by atoms with E-state index in [9.17, 15) is 18.8 Å². The van der Waals surface area contributed by atoms with Gasteiger partial charge in [-0.05, 0) is 61.3 Å². The van der Waals surface area contributed by atoms with Gasteiger partial charge in [0.2, 0.25) is 5.91 Å². The van der Waals surface area contributed by atoms with Gasteiger partial charge in [-0.25, -0.2) is 9.18 Å². The molecule has 1 aromatic heterocycles. The third-order valence-corrected chi connectivity index (χ3v) is 6.74. The zero-order chi connectivity index (χ0) is 20.8. The maximum Gasteiger partial charge on any atom is 0.413 e. The molecule has 0 saturated carbocycles. The predicted molar refractivity (Wildman–Crippen MR) is 111 cm³/mol. The van der Waals surface area contributed by atoms with Crippen molar-refractivity contribution < 1.29 is 23.5 Å². The Labute approximate surface area is 176 Å². The number of hydrogen-bond acceptors (Lipinski definition) is 6. The minimum Gasteiger partial charge on any atom is -0.453 e. The maximum absolute atomic E-state index is 12.9. The summed E-state index contributed by atoms with van der Waals surface area (Å²) in [6.45, 7) is 0. The van der Waals surface area contributed by atoms with Gasteiger partial charge in [-0.2, -0.15) is 0 Å². The lowest BCUT2D eigenvalue weighted by Crippen LogP contribution is -2.31. The number of carbonyl (C=O) groups is 3. The molecule has 1 heterocycles.